The predicted octanol–water partition coefficient (Wildman–Crippen LogP) is 4.17. The topological polar surface area (TPSA) is 48.2 Å². The van der Waals surface area contributed by atoms with Crippen molar-refractivity contribution in [2.45, 2.75) is 0 Å². The fraction of sp³-hybridized carbons (Fsp3) is 0.0667. The second kappa shape index (κ2) is 5.46. The lowest BCUT2D eigenvalue weighted by molar-refractivity contribution is 0.414. The highest BCUT2D eigenvalue weighted by Gasteiger charge is 2.14. The minimum Gasteiger partial charge on any atom is -0.496 e. The van der Waals surface area contributed by atoms with E-state index in [0.29, 0.717) is 17.5 Å². The van der Waals surface area contributed by atoms with Crippen molar-refractivity contribution in [1.82, 2.24) is 10.2 Å². The van der Waals surface area contributed by atoms with Crippen LogP contribution in [-0.2, 0) is 0 Å². The van der Waals surface area contributed by atoms with Crippen LogP contribution in [0, 0.1) is 0 Å². The number of ether oxygens (including phenoxy) is 1. The van der Waals surface area contributed by atoms with E-state index in [4.69, 9.17) is 9.15 Å². The Labute approximate surface area is 124 Å². The molecule has 0 amide bonds. The molecule has 0 saturated carbocycles. The third kappa shape index (κ3) is 2.44. The summed E-state index contributed by atoms with van der Waals surface area (Å²) < 4.78 is 12.0. The van der Waals surface area contributed by atoms with E-state index in [-0.39, 0.29) is 0 Å². The van der Waals surface area contributed by atoms with E-state index >= 15 is 0 Å². The van der Waals surface area contributed by atoms with Gasteiger partial charge in [-0.05, 0) is 30.3 Å². The van der Waals surface area contributed by atoms with Gasteiger partial charge in [-0.15, -0.1) is 10.2 Å². The van der Waals surface area contributed by atoms with E-state index in [1.54, 1.807) is 7.11 Å². The number of nitrogens with zero attached hydrogens (tertiary/aromatic N) is 2. The molecule has 1 heterocycles. The van der Waals surface area contributed by atoms with Crippen molar-refractivity contribution >= 4 is 15.9 Å². The van der Waals surface area contributed by atoms with E-state index in [1.807, 2.05) is 48.5 Å². The van der Waals surface area contributed by atoms with Crippen LogP contribution in [0.2, 0.25) is 0 Å². The molecular weight excluding hydrogens is 320 g/mol. The Morgan fingerprint density at radius 2 is 1.75 bits per heavy atom. The van der Waals surface area contributed by atoms with Gasteiger partial charge in [0.1, 0.15) is 5.75 Å². The molecule has 5 heteroatoms. The first-order chi connectivity index (χ1) is 9.78. The second-order valence-corrected chi connectivity index (χ2v) is 5.04. The zero-order chi connectivity index (χ0) is 13.9. The summed E-state index contributed by atoms with van der Waals surface area (Å²) >= 11 is 3.40. The maximum atomic E-state index is 5.72. The van der Waals surface area contributed by atoms with Gasteiger partial charge < -0.3 is 9.15 Å². The molecule has 0 aliphatic heterocycles. The summed E-state index contributed by atoms with van der Waals surface area (Å²) in [4.78, 5) is 0. The van der Waals surface area contributed by atoms with Gasteiger partial charge in [-0.3, -0.25) is 0 Å². The van der Waals surface area contributed by atoms with Crippen LogP contribution in [0.4, 0.5) is 0 Å². The molecule has 100 valence electrons. The normalized spacial score (nSPS) is 10.5. The number of aromatic nitrogens is 2. The van der Waals surface area contributed by atoms with Crippen LogP contribution in [0.1, 0.15) is 0 Å². The summed E-state index contributed by atoms with van der Waals surface area (Å²) in [6.45, 7) is 0. The first kappa shape index (κ1) is 12.9. The van der Waals surface area contributed by atoms with Crippen molar-refractivity contribution in [1.29, 1.82) is 0 Å². The zero-order valence-electron chi connectivity index (χ0n) is 10.7. The highest BCUT2D eigenvalue weighted by molar-refractivity contribution is 9.10. The van der Waals surface area contributed by atoms with Gasteiger partial charge in [0.05, 0.1) is 12.7 Å². The molecule has 20 heavy (non-hydrogen) atoms. The number of hydrogen-bond donors (Lipinski definition) is 0. The smallest absolute Gasteiger partial charge is 0.251 e. The van der Waals surface area contributed by atoms with Crippen LogP contribution in [0.3, 0.4) is 0 Å². The lowest BCUT2D eigenvalue weighted by Gasteiger charge is -2.04. The Kier molecular flexibility index (Phi) is 3.52. The largest absolute Gasteiger partial charge is 0.496 e. The lowest BCUT2D eigenvalue weighted by atomic mass is 10.2. The molecule has 0 saturated heterocycles. The van der Waals surface area contributed by atoms with E-state index in [2.05, 4.69) is 26.1 Å². The predicted molar refractivity (Wildman–Crippen MR) is 79.4 cm³/mol. The Morgan fingerprint density at radius 3 is 2.50 bits per heavy atom. The standard InChI is InChI=1S/C15H11BrN2O2/c1-19-13-9-11(16)7-8-12(13)15-18-17-14(20-15)10-5-3-2-4-6-10/h2-9H,1H3. The maximum Gasteiger partial charge on any atom is 0.251 e. The molecule has 0 N–H and O–H groups in total. The van der Waals surface area contributed by atoms with Gasteiger partial charge in [-0.2, -0.15) is 0 Å². The van der Waals surface area contributed by atoms with Gasteiger partial charge >= 0.3 is 0 Å². The van der Waals surface area contributed by atoms with Crippen LogP contribution in [0.25, 0.3) is 22.9 Å². The minimum atomic E-state index is 0.438. The quantitative estimate of drug-likeness (QED) is 0.723. The molecule has 0 radical (unpaired) electrons. The Bertz CT molecular complexity index is 726. The molecule has 0 aliphatic carbocycles. The van der Waals surface area contributed by atoms with Crippen LogP contribution in [-0.4, -0.2) is 17.3 Å². The van der Waals surface area contributed by atoms with Gasteiger partial charge in [0.15, 0.2) is 0 Å². The summed E-state index contributed by atoms with van der Waals surface area (Å²) in [7, 11) is 1.61. The van der Waals surface area contributed by atoms with Gasteiger partial charge in [-0.1, -0.05) is 34.1 Å². The lowest BCUT2D eigenvalue weighted by Crippen LogP contribution is -1.88. The van der Waals surface area contributed by atoms with E-state index in [0.717, 1.165) is 15.6 Å². The average molecular weight is 331 g/mol. The highest BCUT2D eigenvalue weighted by Crippen LogP contribution is 2.33. The Morgan fingerprint density at radius 1 is 1.00 bits per heavy atom. The summed E-state index contributed by atoms with van der Waals surface area (Å²) in [5.41, 5.74) is 1.66. The summed E-state index contributed by atoms with van der Waals surface area (Å²) in [6.07, 6.45) is 0. The fourth-order valence-corrected chi connectivity index (χ4v) is 2.21. The Balaban J connectivity index is 2.02. The third-order valence-electron chi connectivity index (χ3n) is 2.84. The van der Waals surface area contributed by atoms with Crippen molar-refractivity contribution in [3.63, 3.8) is 0 Å². The van der Waals surface area contributed by atoms with E-state index < -0.39 is 0 Å². The number of methoxy groups -OCH3 is 1. The Hall–Kier alpha value is -2.14. The molecule has 0 spiro atoms. The number of rotatable bonds is 3. The fourth-order valence-electron chi connectivity index (χ4n) is 1.87. The van der Waals surface area contributed by atoms with E-state index in [1.165, 1.54) is 0 Å². The number of halogens is 1. The zero-order valence-corrected chi connectivity index (χ0v) is 12.3. The minimum absolute atomic E-state index is 0.438. The van der Waals surface area contributed by atoms with Crippen molar-refractivity contribution in [3.05, 3.63) is 53.0 Å². The molecule has 0 fully saturated rings. The molecule has 0 unspecified atom stereocenters. The SMILES string of the molecule is COc1cc(Br)ccc1-c1nnc(-c2ccccc2)o1. The highest BCUT2D eigenvalue weighted by atomic mass is 79.9. The van der Waals surface area contributed by atoms with Crippen LogP contribution < -0.4 is 4.74 Å². The first-order valence-electron chi connectivity index (χ1n) is 6.01. The molecule has 3 rings (SSSR count). The molecule has 0 atom stereocenters. The number of hydrogen-bond acceptors (Lipinski definition) is 4. The molecular formula is C15H11BrN2O2. The summed E-state index contributed by atoms with van der Waals surface area (Å²) in [6, 6.07) is 15.3. The summed E-state index contributed by atoms with van der Waals surface area (Å²) in [5, 5.41) is 8.17. The summed E-state index contributed by atoms with van der Waals surface area (Å²) in [5.74, 6) is 1.61. The maximum absolute atomic E-state index is 5.72. The molecule has 3 aromatic rings. The molecule has 0 bridgehead atoms. The van der Waals surface area contributed by atoms with Crippen LogP contribution >= 0.6 is 15.9 Å². The van der Waals surface area contributed by atoms with Gasteiger partial charge in [-0.25, -0.2) is 0 Å². The number of benzene rings is 2. The molecule has 1 aromatic heterocycles. The third-order valence-corrected chi connectivity index (χ3v) is 3.33. The van der Waals surface area contributed by atoms with Crippen LogP contribution in [0.5, 0.6) is 5.75 Å². The second-order valence-electron chi connectivity index (χ2n) is 4.12. The van der Waals surface area contributed by atoms with Crippen molar-refractivity contribution < 1.29 is 9.15 Å². The van der Waals surface area contributed by atoms with Crippen LogP contribution in [0.15, 0.2) is 57.4 Å². The van der Waals surface area contributed by atoms with Crippen molar-refractivity contribution in [3.8, 4) is 28.7 Å². The van der Waals surface area contributed by atoms with Crippen molar-refractivity contribution in [2.24, 2.45) is 0 Å². The molecule has 0 aliphatic rings. The van der Waals surface area contributed by atoms with Crippen molar-refractivity contribution in [2.75, 3.05) is 7.11 Å². The van der Waals surface area contributed by atoms with Gasteiger partial charge in [0, 0.05) is 10.0 Å². The average Bonchev–Trinajstić information content (AvgIpc) is 2.97. The van der Waals surface area contributed by atoms with Gasteiger partial charge in [0.25, 0.3) is 5.89 Å². The first-order valence-corrected chi connectivity index (χ1v) is 6.80. The molecule has 2 aromatic carbocycles. The molecule has 4 nitrogen and oxygen atoms in total. The van der Waals surface area contributed by atoms with E-state index in [9.17, 15) is 0 Å². The van der Waals surface area contributed by atoms with Gasteiger partial charge in [0.2, 0.25) is 5.89 Å². The monoisotopic (exact) mass is 330 g/mol.